The summed E-state index contributed by atoms with van der Waals surface area (Å²) in [4.78, 5) is 12.5. The molecule has 0 radical (unpaired) electrons. The first-order chi connectivity index (χ1) is 9.69. The summed E-state index contributed by atoms with van der Waals surface area (Å²) in [5.74, 6) is -0.213. The monoisotopic (exact) mass is 280 g/mol. The second-order valence-corrected chi connectivity index (χ2v) is 5.16. The van der Waals surface area contributed by atoms with E-state index in [1.807, 2.05) is 0 Å². The zero-order valence-electron chi connectivity index (χ0n) is 11.3. The third-order valence-corrected chi connectivity index (χ3v) is 3.91. The number of rotatable bonds is 4. The van der Waals surface area contributed by atoms with Gasteiger partial charge in [-0.25, -0.2) is 0 Å². The topological polar surface area (TPSA) is 114 Å². The molecule has 2 rings (SSSR count). The third kappa shape index (κ3) is 2.92. The Morgan fingerprint density at radius 2 is 2.15 bits per heavy atom. The Labute approximate surface area is 117 Å². The molecule has 1 heterocycles. The molecular formula is C13H20N4O3. The Balaban J connectivity index is 2.11. The molecule has 1 aromatic heterocycles. The highest BCUT2D eigenvalue weighted by Gasteiger charge is 2.42. The van der Waals surface area contributed by atoms with Gasteiger partial charge in [-0.2, -0.15) is 0 Å². The number of carbonyl (C=O) groups is 1. The molecule has 0 atom stereocenters. The van der Waals surface area contributed by atoms with Gasteiger partial charge < -0.3 is 20.8 Å². The summed E-state index contributed by atoms with van der Waals surface area (Å²) in [6, 6.07) is 1.68. The highest BCUT2D eigenvalue weighted by molar-refractivity contribution is 6.06. The van der Waals surface area contributed by atoms with E-state index in [1.165, 1.54) is 6.26 Å². The summed E-state index contributed by atoms with van der Waals surface area (Å²) < 4.78 is 4.72. The van der Waals surface area contributed by atoms with Crippen LogP contribution in [0, 0.1) is 5.41 Å². The predicted octanol–water partition coefficient (Wildman–Crippen LogP) is 1.38. The van der Waals surface area contributed by atoms with E-state index in [9.17, 15) is 4.79 Å². The van der Waals surface area contributed by atoms with Crippen molar-refractivity contribution in [2.45, 2.75) is 45.1 Å². The standard InChI is InChI=1S/C13H20N4O3/c14-11(16-19)13(6-3-1-2-4-7-13)12(18)15-9-10-5-8-20-17-10/h5,8,19H,1-4,6-7,9H2,(H2,14,16)(H,15,18). The Bertz CT molecular complexity index is 462. The first-order valence-electron chi connectivity index (χ1n) is 6.84. The van der Waals surface area contributed by atoms with E-state index < -0.39 is 5.41 Å². The van der Waals surface area contributed by atoms with Crippen molar-refractivity contribution in [2.75, 3.05) is 0 Å². The molecule has 0 bridgehead atoms. The summed E-state index contributed by atoms with van der Waals surface area (Å²) in [7, 11) is 0. The van der Waals surface area contributed by atoms with E-state index in [4.69, 9.17) is 15.5 Å². The van der Waals surface area contributed by atoms with Crippen LogP contribution in [0.1, 0.15) is 44.2 Å². The number of nitrogens with one attached hydrogen (secondary N) is 1. The SMILES string of the molecule is N/C(=N/O)C1(C(=O)NCc2ccon2)CCCCCC1. The molecule has 0 saturated heterocycles. The van der Waals surface area contributed by atoms with E-state index in [2.05, 4.69) is 15.6 Å². The molecule has 20 heavy (non-hydrogen) atoms. The van der Waals surface area contributed by atoms with Gasteiger partial charge in [0.1, 0.15) is 17.4 Å². The lowest BCUT2D eigenvalue weighted by atomic mass is 9.78. The first kappa shape index (κ1) is 14.4. The van der Waals surface area contributed by atoms with Crippen LogP contribution in [-0.2, 0) is 11.3 Å². The van der Waals surface area contributed by atoms with Crippen molar-refractivity contribution in [1.29, 1.82) is 0 Å². The average molecular weight is 280 g/mol. The lowest BCUT2D eigenvalue weighted by molar-refractivity contribution is -0.128. The van der Waals surface area contributed by atoms with Gasteiger partial charge in [-0.05, 0) is 12.8 Å². The number of oxime groups is 1. The van der Waals surface area contributed by atoms with Crippen LogP contribution in [0.4, 0.5) is 0 Å². The maximum absolute atomic E-state index is 12.5. The van der Waals surface area contributed by atoms with E-state index >= 15 is 0 Å². The largest absolute Gasteiger partial charge is 0.409 e. The second-order valence-electron chi connectivity index (χ2n) is 5.16. The zero-order valence-corrected chi connectivity index (χ0v) is 11.3. The van der Waals surface area contributed by atoms with Gasteiger partial charge in [-0.15, -0.1) is 0 Å². The van der Waals surface area contributed by atoms with Crippen molar-refractivity contribution in [1.82, 2.24) is 10.5 Å². The molecule has 4 N–H and O–H groups in total. The highest BCUT2D eigenvalue weighted by Crippen LogP contribution is 2.35. The molecule has 1 fully saturated rings. The van der Waals surface area contributed by atoms with Crippen molar-refractivity contribution in [2.24, 2.45) is 16.3 Å². The summed E-state index contributed by atoms with van der Waals surface area (Å²) >= 11 is 0. The lowest BCUT2D eigenvalue weighted by Crippen LogP contribution is -2.49. The van der Waals surface area contributed by atoms with Crippen LogP contribution in [0.3, 0.4) is 0 Å². The van der Waals surface area contributed by atoms with Gasteiger partial charge >= 0.3 is 0 Å². The molecule has 1 saturated carbocycles. The first-order valence-corrected chi connectivity index (χ1v) is 6.84. The average Bonchev–Trinajstić information content (AvgIpc) is 2.86. The van der Waals surface area contributed by atoms with Gasteiger partial charge in [0.05, 0.1) is 6.54 Å². The van der Waals surface area contributed by atoms with Crippen molar-refractivity contribution in [3.05, 3.63) is 18.0 Å². The summed E-state index contributed by atoms with van der Waals surface area (Å²) in [5, 5.41) is 18.6. The molecule has 7 heteroatoms. The fraction of sp³-hybridized carbons (Fsp3) is 0.615. The van der Waals surface area contributed by atoms with Gasteiger partial charge in [0, 0.05) is 6.07 Å². The fourth-order valence-electron chi connectivity index (χ4n) is 2.70. The van der Waals surface area contributed by atoms with Crippen LogP contribution in [0.15, 0.2) is 22.0 Å². The molecule has 110 valence electrons. The number of amidine groups is 1. The number of nitrogens with zero attached hydrogens (tertiary/aromatic N) is 2. The fourth-order valence-corrected chi connectivity index (χ4v) is 2.70. The van der Waals surface area contributed by atoms with E-state index in [0.717, 1.165) is 25.7 Å². The number of carbonyl (C=O) groups excluding carboxylic acids is 1. The number of aromatic nitrogens is 1. The maximum Gasteiger partial charge on any atom is 0.234 e. The molecule has 0 aromatic carbocycles. The van der Waals surface area contributed by atoms with Gasteiger partial charge in [0.2, 0.25) is 5.91 Å². The molecule has 1 aliphatic rings. The van der Waals surface area contributed by atoms with Crippen molar-refractivity contribution >= 4 is 11.7 Å². The van der Waals surface area contributed by atoms with Gasteiger partial charge in [0.15, 0.2) is 5.84 Å². The minimum absolute atomic E-state index is 0.00273. The Morgan fingerprint density at radius 3 is 2.70 bits per heavy atom. The van der Waals surface area contributed by atoms with Crippen LogP contribution in [0.25, 0.3) is 0 Å². The van der Waals surface area contributed by atoms with E-state index in [0.29, 0.717) is 18.5 Å². The minimum atomic E-state index is -0.908. The molecule has 0 unspecified atom stereocenters. The number of hydrogen-bond donors (Lipinski definition) is 3. The molecule has 0 aliphatic heterocycles. The van der Waals surface area contributed by atoms with Crippen LogP contribution < -0.4 is 11.1 Å². The molecule has 1 aliphatic carbocycles. The van der Waals surface area contributed by atoms with Crippen LogP contribution in [-0.4, -0.2) is 22.1 Å². The molecule has 7 nitrogen and oxygen atoms in total. The Kier molecular flexibility index (Phi) is 4.60. The zero-order chi connectivity index (χ0) is 14.4. The number of hydrogen-bond acceptors (Lipinski definition) is 5. The number of nitrogens with two attached hydrogens (primary N) is 1. The highest BCUT2D eigenvalue weighted by atomic mass is 16.5. The quantitative estimate of drug-likeness (QED) is 0.253. The van der Waals surface area contributed by atoms with Gasteiger partial charge in [0.25, 0.3) is 0 Å². The summed E-state index contributed by atoms with van der Waals surface area (Å²) in [5.41, 5.74) is 5.54. The van der Waals surface area contributed by atoms with Crippen molar-refractivity contribution < 1.29 is 14.5 Å². The van der Waals surface area contributed by atoms with Gasteiger partial charge in [-0.1, -0.05) is 36.0 Å². The second kappa shape index (κ2) is 6.40. The van der Waals surface area contributed by atoms with E-state index in [1.54, 1.807) is 6.07 Å². The molecular weight excluding hydrogens is 260 g/mol. The van der Waals surface area contributed by atoms with Crippen molar-refractivity contribution in [3.8, 4) is 0 Å². The maximum atomic E-state index is 12.5. The number of amides is 1. The Hall–Kier alpha value is -2.05. The summed E-state index contributed by atoms with van der Waals surface area (Å²) in [6.45, 7) is 0.274. The summed E-state index contributed by atoms with van der Waals surface area (Å²) in [6.07, 6.45) is 6.59. The predicted molar refractivity (Wildman–Crippen MR) is 71.9 cm³/mol. The molecule has 1 aromatic rings. The third-order valence-electron chi connectivity index (χ3n) is 3.91. The Morgan fingerprint density at radius 1 is 1.45 bits per heavy atom. The lowest BCUT2D eigenvalue weighted by Gasteiger charge is -2.29. The van der Waals surface area contributed by atoms with Crippen LogP contribution in [0.2, 0.25) is 0 Å². The van der Waals surface area contributed by atoms with Gasteiger partial charge in [-0.3, -0.25) is 4.79 Å². The molecule has 1 amide bonds. The van der Waals surface area contributed by atoms with Crippen LogP contribution >= 0.6 is 0 Å². The van der Waals surface area contributed by atoms with Crippen LogP contribution in [0.5, 0.6) is 0 Å². The van der Waals surface area contributed by atoms with E-state index in [-0.39, 0.29) is 18.3 Å². The van der Waals surface area contributed by atoms with Crippen molar-refractivity contribution in [3.63, 3.8) is 0 Å². The normalized spacial score (nSPS) is 19.3. The smallest absolute Gasteiger partial charge is 0.234 e. The molecule has 0 spiro atoms. The minimum Gasteiger partial charge on any atom is -0.409 e.